The third-order valence-corrected chi connectivity index (χ3v) is 4.78. The van der Waals surface area contributed by atoms with Gasteiger partial charge in [-0.3, -0.25) is 10.2 Å². The third-order valence-electron chi connectivity index (χ3n) is 2.45. The maximum atomic E-state index is 11.0. The van der Waals surface area contributed by atoms with Crippen LogP contribution in [0, 0.1) is 0 Å². The highest BCUT2D eigenvalue weighted by Crippen LogP contribution is 2.24. The van der Waals surface area contributed by atoms with Gasteiger partial charge in [0.25, 0.3) is 0 Å². The Morgan fingerprint density at radius 3 is 2.24 bits per heavy atom. The van der Waals surface area contributed by atoms with Crippen LogP contribution in [0.1, 0.15) is 7.43 Å². The van der Waals surface area contributed by atoms with Gasteiger partial charge in [0.2, 0.25) is 0 Å². The Morgan fingerprint density at radius 1 is 1.19 bits per heavy atom. The van der Waals surface area contributed by atoms with Gasteiger partial charge in [-0.05, 0) is 0 Å². The number of carboxylic acid groups (broad SMARTS) is 2. The second-order valence-corrected chi connectivity index (χ2v) is 6.17. The summed E-state index contributed by atoms with van der Waals surface area (Å²) in [5, 5.41) is 18.7. The summed E-state index contributed by atoms with van der Waals surface area (Å²) in [7, 11) is 1.24. The number of rotatable bonds is 2. The van der Waals surface area contributed by atoms with Crippen molar-refractivity contribution in [2.45, 2.75) is 18.2 Å². The van der Waals surface area contributed by atoms with E-state index in [1.165, 1.54) is 35.5 Å². The molecule has 3 N–H and O–H groups in total. The summed E-state index contributed by atoms with van der Waals surface area (Å²) < 4.78 is 4.42. The average molecular weight is 340 g/mol. The highest BCUT2D eigenvalue weighted by Gasteiger charge is 2.35. The van der Waals surface area contributed by atoms with Gasteiger partial charge in [0, 0.05) is 24.6 Å². The van der Waals surface area contributed by atoms with Crippen molar-refractivity contribution in [1.82, 2.24) is 10.2 Å². The van der Waals surface area contributed by atoms with Crippen molar-refractivity contribution in [3.63, 3.8) is 0 Å². The molecule has 2 atom stereocenters. The first kappa shape index (κ1) is 19.9. The van der Waals surface area contributed by atoms with Crippen molar-refractivity contribution in [2.75, 3.05) is 31.7 Å². The number of ether oxygens (including phenoxy) is 1. The summed E-state index contributed by atoms with van der Waals surface area (Å²) in [6, 6.07) is 0. The number of carbonyl (C=O) groups is 3. The topological polar surface area (TPSA) is 116 Å². The van der Waals surface area contributed by atoms with E-state index < -0.39 is 23.4 Å². The van der Waals surface area contributed by atoms with Crippen molar-refractivity contribution in [3.05, 3.63) is 0 Å². The number of thioether (sulfide) groups is 2. The summed E-state index contributed by atoms with van der Waals surface area (Å²) in [6.07, 6.45) is -0.576. The normalized spacial score (nSPS) is 23.6. The van der Waals surface area contributed by atoms with Crippen LogP contribution in [-0.4, -0.2) is 75.6 Å². The molecular weight excluding hydrogens is 320 g/mol. The molecule has 0 aromatic heterocycles. The number of nitrogens with zero attached hydrogens (tertiary/aromatic N) is 1. The number of nitrogens with one attached hydrogen (secondary N) is 1. The van der Waals surface area contributed by atoms with Crippen LogP contribution in [0.25, 0.3) is 0 Å². The molecule has 0 aromatic rings. The number of aliphatic carboxylic acids is 2. The number of methoxy groups -OCH3 is 1. The van der Waals surface area contributed by atoms with Gasteiger partial charge in [0.05, 0.1) is 7.11 Å². The molecule has 0 aromatic carbocycles. The Morgan fingerprint density at radius 2 is 1.86 bits per heavy atom. The lowest BCUT2D eigenvalue weighted by molar-refractivity contribution is -0.139. The first-order valence-electron chi connectivity index (χ1n) is 5.74. The van der Waals surface area contributed by atoms with Crippen LogP contribution in [0.5, 0.6) is 0 Å². The number of hydrogen-bond donors (Lipinski definition) is 3. The van der Waals surface area contributed by atoms with E-state index in [9.17, 15) is 14.4 Å². The van der Waals surface area contributed by atoms with Crippen LogP contribution in [-0.2, 0) is 14.3 Å². The highest BCUT2D eigenvalue weighted by atomic mass is 32.2. The second kappa shape index (κ2) is 9.74. The van der Waals surface area contributed by atoms with Gasteiger partial charge in [-0.1, -0.05) is 7.43 Å². The van der Waals surface area contributed by atoms with Crippen LogP contribution in [0.15, 0.2) is 0 Å². The first-order valence-corrected chi connectivity index (χ1v) is 7.84. The zero-order valence-corrected chi connectivity index (χ0v) is 12.4. The smallest absolute Gasteiger partial charge is 0.410 e. The van der Waals surface area contributed by atoms with Crippen LogP contribution >= 0.6 is 23.5 Å². The van der Waals surface area contributed by atoms with Crippen LogP contribution in [0.3, 0.4) is 0 Å². The van der Waals surface area contributed by atoms with E-state index in [1.807, 2.05) is 0 Å². The molecule has 0 saturated carbocycles. The molecule has 0 radical (unpaired) electrons. The molecule has 2 heterocycles. The summed E-state index contributed by atoms with van der Waals surface area (Å²) in [6.45, 7) is 1.26. The molecule has 2 rings (SSSR count). The lowest BCUT2D eigenvalue weighted by atomic mass is 10.5. The Labute approximate surface area is 131 Å². The Hall–Kier alpha value is -1.13. The lowest BCUT2D eigenvalue weighted by Gasteiger charge is -2.17. The predicted molar refractivity (Wildman–Crippen MR) is 81.6 cm³/mol. The number of carbonyl (C=O) groups excluding carboxylic acids is 1. The minimum Gasteiger partial charge on any atom is -0.479 e. The van der Waals surface area contributed by atoms with Crippen molar-refractivity contribution in [3.8, 4) is 0 Å². The van der Waals surface area contributed by atoms with E-state index >= 15 is 0 Å². The maximum absolute atomic E-state index is 11.0. The molecule has 0 spiro atoms. The zero-order valence-electron chi connectivity index (χ0n) is 10.8. The van der Waals surface area contributed by atoms with Gasteiger partial charge >= 0.3 is 18.0 Å². The predicted octanol–water partition coefficient (Wildman–Crippen LogP) is 0.582. The minimum absolute atomic E-state index is 0. The monoisotopic (exact) mass is 340 g/mol. The standard InChI is InChI=1S/C6H9NO4S.C4H7NO2S.CH4/c1-11-6(10)7-2-3-12-4(7)5(8)9;6-4(7)3-5-1-2-8-3;/h4H,2-3H2,1H3,(H,8,9);3,5H,1-2H2,(H,6,7);1H4. The molecule has 10 heteroatoms. The van der Waals surface area contributed by atoms with E-state index in [0.717, 1.165) is 12.3 Å². The van der Waals surface area contributed by atoms with E-state index in [2.05, 4.69) is 10.1 Å². The molecule has 2 fully saturated rings. The van der Waals surface area contributed by atoms with Gasteiger partial charge < -0.3 is 14.9 Å². The van der Waals surface area contributed by atoms with E-state index in [4.69, 9.17) is 10.2 Å². The number of amides is 1. The van der Waals surface area contributed by atoms with Gasteiger partial charge in [-0.15, -0.1) is 23.5 Å². The molecule has 1 amide bonds. The average Bonchev–Trinajstić information content (AvgIpc) is 3.09. The third kappa shape index (κ3) is 6.02. The fourth-order valence-electron chi connectivity index (χ4n) is 1.56. The largest absolute Gasteiger partial charge is 0.479 e. The zero-order chi connectivity index (χ0) is 15.1. The lowest BCUT2D eigenvalue weighted by Crippen LogP contribution is -2.39. The van der Waals surface area contributed by atoms with Crippen LogP contribution < -0.4 is 5.32 Å². The van der Waals surface area contributed by atoms with E-state index in [-0.39, 0.29) is 12.8 Å². The van der Waals surface area contributed by atoms with Gasteiger partial charge in [-0.2, -0.15) is 0 Å². The van der Waals surface area contributed by atoms with E-state index in [0.29, 0.717) is 12.3 Å². The van der Waals surface area contributed by atoms with Crippen LogP contribution in [0.4, 0.5) is 4.79 Å². The van der Waals surface area contributed by atoms with Crippen molar-refractivity contribution >= 4 is 41.6 Å². The molecule has 0 bridgehead atoms. The highest BCUT2D eigenvalue weighted by molar-refractivity contribution is 8.01. The van der Waals surface area contributed by atoms with Crippen molar-refractivity contribution in [1.29, 1.82) is 0 Å². The fraction of sp³-hybridized carbons (Fsp3) is 0.727. The quantitative estimate of drug-likeness (QED) is 0.663. The molecule has 2 aliphatic heterocycles. The molecule has 0 aliphatic carbocycles. The molecule has 2 aliphatic rings. The SMILES string of the molecule is C.COC(=O)N1CCSC1C(=O)O.O=C(O)C1NCCS1. The van der Waals surface area contributed by atoms with E-state index in [1.54, 1.807) is 0 Å². The second-order valence-electron chi connectivity index (χ2n) is 3.77. The molecular formula is C11H20N2O6S2. The Bertz CT molecular complexity index is 376. The summed E-state index contributed by atoms with van der Waals surface area (Å²) >= 11 is 2.67. The molecule has 2 saturated heterocycles. The maximum Gasteiger partial charge on any atom is 0.410 e. The van der Waals surface area contributed by atoms with Crippen molar-refractivity contribution < 1.29 is 29.3 Å². The van der Waals surface area contributed by atoms with Crippen molar-refractivity contribution in [2.24, 2.45) is 0 Å². The molecule has 122 valence electrons. The first-order chi connectivity index (χ1) is 9.47. The number of carboxylic acids is 2. The summed E-state index contributed by atoms with van der Waals surface area (Å²) in [5.74, 6) is -0.196. The fourth-order valence-corrected chi connectivity index (χ4v) is 3.45. The van der Waals surface area contributed by atoms with Crippen LogP contribution in [0.2, 0.25) is 0 Å². The molecule has 21 heavy (non-hydrogen) atoms. The summed E-state index contributed by atoms with van der Waals surface area (Å²) in [5.41, 5.74) is 0. The van der Waals surface area contributed by atoms with Gasteiger partial charge in [-0.25, -0.2) is 14.4 Å². The minimum atomic E-state index is -0.997. The van der Waals surface area contributed by atoms with Gasteiger partial charge in [0.15, 0.2) is 10.7 Å². The Kier molecular flexibility index (Phi) is 9.22. The number of hydrogen-bond acceptors (Lipinski definition) is 7. The Balaban J connectivity index is 0.000000390. The van der Waals surface area contributed by atoms with Gasteiger partial charge in [0.1, 0.15) is 0 Å². The molecule has 2 unspecified atom stereocenters. The molecule has 8 nitrogen and oxygen atoms in total. The summed E-state index contributed by atoms with van der Waals surface area (Å²) in [4.78, 5) is 32.8.